The second-order valence-electron chi connectivity index (χ2n) is 2.83. The van der Waals surface area contributed by atoms with Gasteiger partial charge in [0.25, 0.3) is 0 Å². The average molecular weight is 200 g/mol. The lowest BCUT2D eigenvalue weighted by atomic mass is 10.3. The molecule has 5 nitrogen and oxygen atoms in total. The Balaban J connectivity index is 2.53. The first-order valence-corrected chi connectivity index (χ1v) is 4.28. The van der Waals surface area contributed by atoms with Gasteiger partial charge in [-0.1, -0.05) is 0 Å². The molecule has 0 amide bonds. The summed E-state index contributed by atoms with van der Waals surface area (Å²) in [7, 11) is 1.52. The summed E-state index contributed by atoms with van der Waals surface area (Å²) in [6.07, 6.45) is 5.10. The molecule has 0 aliphatic rings. The molecule has 2 rings (SSSR count). The normalized spacial score (nSPS) is 9.60. The van der Waals surface area contributed by atoms with Crippen LogP contribution in [0, 0.1) is 11.3 Å². The zero-order chi connectivity index (χ0) is 10.7. The third-order valence-corrected chi connectivity index (χ3v) is 1.91. The number of nitrogens with zero attached hydrogens (tertiary/aromatic N) is 4. The zero-order valence-corrected chi connectivity index (χ0v) is 8.08. The molecule has 5 heteroatoms. The van der Waals surface area contributed by atoms with Crippen molar-refractivity contribution in [1.29, 1.82) is 5.26 Å². The van der Waals surface area contributed by atoms with Crippen LogP contribution in [0.4, 0.5) is 0 Å². The minimum absolute atomic E-state index is 0.318. The number of aromatic nitrogens is 3. The van der Waals surface area contributed by atoms with Crippen molar-refractivity contribution in [3.8, 4) is 17.6 Å². The van der Waals surface area contributed by atoms with Crippen LogP contribution in [0.1, 0.15) is 5.69 Å². The molecule has 2 aromatic heterocycles. The van der Waals surface area contributed by atoms with Crippen molar-refractivity contribution < 1.29 is 4.74 Å². The van der Waals surface area contributed by atoms with E-state index in [-0.39, 0.29) is 0 Å². The van der Waals surface area contributed by atoms with Gasteiger partial charge in [0.05, 0.1) is 19.1 Å². The van der Waals surface area contributed by atoms with Gasteiger partial charge in [0.15, 0.2) is 0 Å². The highest BCUT2D eigenvalue weighted by molar-refractivity contribution is 5.41. The van der Waals surface area contributed by atoms with E-state index < -0.39 is 0 Å². The minimum Gasteiger partial charge on any atom is -0.481 e. The van der Waals surface area contributed by atoms with E-state index in [1.54, 1.807) is 35.4 Å². The number of rotatable bonds is 2. The fourth-order valence-electron chi connectivity index (χ4n) is 1.21. The monoisotopic (exact) mass is 200 g/mol. The SMILES string of the molecule is COc1cc(-n2ccnc2)cc(C#N)n1. The van der Waals surface area contributed by atoms with Crippen LogP contribution in [-0.4, -0.2) is 21.6 Å². The number of hydrogen-bond acceptors (Lipinski definition) is 4. The summed E-state index contributed by atoms with van der Waals surface area (Å²) in [5.41, 5.74) is 1.12. The van der Waals surface area contributed by atoms with Gasteiger partial charge < -0.3 is 9.30 Å². The van der Waals surface area contributed by atoms with Crippen LogP contribution in [-0.2, 0) is 0 Å². The molecule has 15 heavy (non-hydrogen) atoms. The second kappa shape index (κ2) is 3.80. The Bertz CT molecular complexity index is 499. The van der Waals surface area contributed by atoms with Gasteiger partial charge in [0.2, 0.25) is 5.88 Å². The molecule has 0 aliphatic carbocycles. The topological polar surface area (TPSA) is 63.7 Å². The molecule has 0 aromatic carbocycles. The van der Waals surface area contributed by atoms with Crippen LogP contribution in [0.2, 0.25) is 0 Å². The van der Waals surface area contributed by atoms with Crippen molar-refractivity contribution in [3.63, 3.8) is 0 Å². The van der Waals surface area contributed by atoms with Gasteiger partial charge in [-0.25, -0.2) is 9.97 Å². The lowest BCUT2D eigenvalue weighted by Crippen LogP contribution is -1.96. The van der Waals surface area contributed by atoms with Crippen molar-refractivity contribution in [2.45, 2.75) is 0 Å². The standard InChI is InChI=1S/C10H8N4O/c1-15-10-5-9(4-8(6-11)13-10)14-3-2-12-7-14/h2-5,7H,1H3. The molecule has 0 saturated heterocycles. The van der Waals surface area contributed by atoms with E-state index in [0.29, 0.717) is 11.6 Å². The van der Waals surface area contributed by atoms with Crippen molar-refractivity contribution in [2.75, 3.05) is 7.11 Å². The Kier molecular flexibility index (Phi) is 2.33. The van der Waals surface area contributed by atoms with E-state index in [0.717, 1.165) is 5.69 Å². The Morgan fingerprint density at radius 3 is 2.93 bits per heavy atom. The number of nitriles is 1. The number of pyridine rings is 1. The summed E-state index contributed by atoms with van der Waals surface area (Å²) in [5, 5.41) is 8.79. The molecule has 0 aliphatic heterocycles. The van der Waals surface area contributed by atoms with Crippen molar-refractivity contribution in [1.82, 2.24) is 14.5 Å². The zero-order valence-electron chi connectivity index (χ0n) is 8.08. The van der Waals surface area contributed by atoms with Gasteiger partial charge in [0, 0.05) is 18.5 Å². The quantitative estimate of drug-likeness (QED) is 0.729. The van der Waals surface area contributed by atoms with E-state index in [9.17, 15) is 0 Å². The molecule has 0 fully saturated rings. The first-order chi connectivity index (χ1) is 7.33. The number of methoxy groups -OCH3 is 1. The van der Waals surface area contributed by atoms with E-state index in [2.05, 4.69) is 9.97 Å². The molecule has 2 heterocycles. The van der Waals surface area contributed by atoms with Gasteiger partial charge in [-0.15, -0.1) is 0 Å². The minimum atomic E-state index is 0.318. The Labute approximate surface area is 86.6 Å². The Hall–Kier alpha value is -2.35. The Morgan fingerprint density at radius 1 is 1.47 bits per heavy atom. The summed E-state index contributed by atoms with van der Waals surface area (Å²) in [6, 6.07) is 5.39. The van der Waals surface area contributed by atoms with Gasteiger partial charge >= 0.3 is 0 Å². The third-order valence-electron chi connectivity index (χ3n) is 1.91. The van der Waals surface area contributed by atoms with Crippen LogP contribution < -0.4 is 4.74 Å². The molecule has 0 N–H and O–H groups in total. The molecule has 0 spiro atoms. The smallest absolute Gasteiger partial charge is 0.216 e. The van der Waals surface area contributed by atoms with Gasteiger partial charge in [0.1, 0.15) is 11.8 Å². The second-order valence-corrected chi connectivity index (χ2v) is 2.83. The molecule has 0 unspecified atom stereocenters. The number of hydrogen-bond donors (Lipinski definition) is 0. The predicted molar refractivity (Wildman–Crippen MR) is 52.6 cm³/mol. The fraction of sp³-hybridized carbons (Fsp3) is 0.100. The van der Waals surface area contributed by atoms with Gasteiger partial charge in [-0.05, 0) is 6.07 Å². The number of ether oxygens (including phenoxy) is 1. The summed E-state index contributed by atoms with van der Waals surface area (Å²) < 4.78 is 6.78. The van der Waals surface area contributed by atoms with Gasteiger partial charge in [-0.3, -0.25) is 0 Å². The van der Waals surface area contributed by atoms with E-state index in [4.69, 9.17) is 10.00 Å². The van der Waals surface area contributed by atoms with E-state index in [1.165, 1.54) is 7.11 Å². The van der Waals surface area contributed by atoms with Crippen LogP contribution in [0.25, 0.3) is 5.69 Å². The van der Waals surface area contributed by atoms with Gasteiger partial charge in [-0.2, -0.15) is 5.26 Å². The van der Waals surface area contributed by atoms with Crippen molar-refractivity contribution in [2.24, 2.45) is 0 Å². The first-order valence-electron chi connectivity index (χ1n) is 4.28. The lowest BCUT2D eigenvalue weighted by Gasteiger charge is -2.04. The highest BCUT2D eigenvalue weighted by Crippen LogP contribution is 2.15. The van der Waals surface area contributed by atoms with Crippen LogP contribution in [0.3, 0.4) is 0 Å². The van der Waals surface area contributed by atoms with Crippen LogP contribution >= 0.6 is 0 Å². The molecule has 74 valence electrons. The summed E-state index contributed by atoms with van der Waals surface area (Å²) in [6.45, 7) is 0. The van der Waals surface area contributed by atoms with E-state index in [1.807, 2.05) is 6.07 Å². The van der Waals surface area contributed by atoms with Crippen molar-refractivity contribution in [3.05, 3.63) is 36.5 Å². The summed E-state index contributed by atoms with van der Waals surface area (Å²) in [4.78, 5) is 7.89. The molecule has 0 atom stereocenters. The molecule has 2 aromatic rings. The molecule has 0 bridgehead atoms. The Morgan fingerprint density at radius 2 is 2.33 bits per heavy atom. The van der Waals surface area contributed by atoms with E-state index >= 15 is 0 Å². The lowest BCUT2D eigenvalue weighted by molar-refractivity contribution is 0.397. The predicted octanol–water partition coefficient (Wildman–Crippen LogP) is 1.15. The first kappa shape index (κ1) is 9.21. The highest BCUT2D eigenvalue weighted by Gasteiger charge is 2.03. The number of imidazole rings is 1. The summed E-state index contributed by atoms with van der Waals surface area (Å²) >= 11 is 0. The maximum Gasteiger partial charge on any atom is 0.216 e. The largest absolute Gasteiger partial charge is 0.481 e. The highest BCUT2D eigenvalue weighted by atomic mass is 16.5. The molecule has 0 radical (unpaired) electrons. The third kappa shape index (κ3) is 1.79. The maximum absolute atomic E-state index is 8.79. The van der Waals surface area contributed by atoms with Crippen LogP contribution in [0.15, 0.2) is 30.9 Å². The maximum atomic E-state index is 8.79. The summed E-state index contributed by atoms with van der Waals surface area (Å²) in [5.74, 6) is 0.415. The average Bonchev–Trinajstić information content (AvgIpc) is 2.81. The molecule has 0 saturated carbocycles. The molecular weight excluding hydrogens is 192 g/mol. The molecular formula is C10H8N4O. The van der Waals surface area contributed by atoms with Crippen molar-refractivity contribution >= 4 is 0 Å². The fourth-order valence-corrected chi connectivity index (χ4v) is 1.21. The van der Waals surface area contributed by atoms with Crippen LogP contribution in [0.5, 0.6) is 5.88 Å².